The Labute approximate surface area is 308 Å². The molecule has 1 aliphatic rings. The quantitative estimate of drug-likeness (QED) is 0.0552. The van der Waals surface area contributed by atoms with E-state index in [1.54, 1.807) is 0 Å². The number of hydrogen-bond acceptors (Lipinski definition) is 13. The van der Waals surface area contributed by atoms with E-state index in [4.69, 9.17) is 30.4 Å². The highest BCUT2D eigenvalue weighted by molar-refractivity contribution is 5.70. The van der Waals surface area contributed by atoms with Gasteiger partial charge in [0.2, 0.25) is 0 Å². The maximum Gasteiger partial charge on any atom is 0.307 e. The van der Waals surface area contributed by atoms with Gasteiger partial charge in [-0.2, -0.15) is 0 Å². The number of rotatable bonds is 26. The molecule has 1 fully saturated rings. The molecular weight excluding hydrogens is 666 g/mol. The molecular formula is C39H59N5O8. The van der Waals surface area contributed by atoms with Crippen LogP contribution in [0.3, 0.4) is 0 Å². The third-order valence-electron chi connectivity index (χ3n) is 8.75. The van der Waals surface area contributed by atoms with Crippen molar-refractivity contribution >= 4 is 35.3 Å². The number of ether oxygens (including phenoxy) is 4. The summed E-state index contributed by atoms with van der Waals surface area (Å²) in [7, 11) is 0. The van der Waals surface area contributed by atoms with Crippen LogP contribution in [0.15, 0.2) is 48.5 Å². The van der Waals surface area contributed by atoms with Crippen LogP contribution in [0.25, 0.3) is 0 Å². The van der Waals surface area contributed by atoms with Crippen LogP contribution >= 0.6 is 0 Å². The summed E-state index contributed by atoms with van der Waals surface area (Å²) in [4.78, 5) is 52.6. The molecule has 0 radical (unpaired) electrons. The summed E-state index contributed by atoms with van der Waals surface area (Å²) in [5, 5.41) is 3.21. The second-order valence-electron chi connectivity index (χ2n) is 13.1. The Morgan fingerprint density at radius 2 is 0.923 bits per heavy atom. The minimum absolute atomic E-state index is 0.190. The van der Waals surface area contributed by atoms with E-state index in [1.807, 2.05) is 48.5 Å². The zero-order chi connectivity index (χ0) is 37.2. The average molecular weight is 726 g/mol. The van der Waals surface area contributed by atoms with E-state index in [0.717, 1.165) is 62.4 Å². The van der Waals surface area contributed by atoms with Crippen LogP contribution in [-0.4, -0.2) is 106 Å². The third-order valence-corrected chi connectivity index (χ3v) is 8.75. The Kier molecular flexibility index (Phi) is 20.9. The van der Waals surface area contributed by atoms with Crippen molar-refractivity contribution < 1.29 is 38.1 Å². The summed E-state index contributed by atoms with van der Waals surface area (Å²) in [6.45, 7) is 7.04. The van der Waals surface area contributed by atoms with Crippen molar-refractivity contribution in [2.45, 2.75) is 77.2 Å². The van der Waals surface area contributed by atoms with Gasteiger partial charge in [0.05, 0.1) is 45.7 Å². The van der Waals surface area contributed by atoms with Gasteiger partial charge in [0.15, 0.2) is 0 Å². The Balaban J connectivity index is 1.06. The van der Waals surface area contributed by atoms with Crippen molar-refractivity contribution in [2.75, 3.05) is 83.7 Å². The van der Waals surface area contributed by atoms with Gasteiger partial charge in [-0.05, 0) is 80.3 Å². The third kappa shape index (κ3) is 20.0. The lowest BCUT2D eigenvalue weighted by molar-refractivity contribution is -0.146. The molecule has 0 saturated carbocycles. The Morgan fingerprint density at radius 1 is 0.519 bits per heavy atom. The number of carbonyl (C=O) groups is 4. The normalized spacial score (nSPS) is 13.4. The van der Waals surface area contributed by atoms with E-state index in [1.165, 1.54) is 5.56 Å². The van der Waals surface area contributed by atoms with Crippen LogP contribution < -0.4 is 16.8 Å². The number of nitrogens with one attached hydrogen (secondary N) is 1. The first-order valence-corrected chi connectivity index (χ1v) is 18.7. The fourth-order valence-electron chi connectivity index (χ4n) is 5.52. The minimum Gasteiger partial charge on any atom is -0.466 e. The lowest BCUT2D eigenvalue weighted by Gasteiger charge is -2.34. The number of hydrogen-bond donors (Lipinski definition) is 3. The Morgan fingerprint density at radius 3 is 1.38 bits per heavy atom. The van der Waals surface area contributed by atoms with Crippen molar-refractivity contribution in [3.05, 3.63) is 59.7 Å². The van der Waals surface area contributed by atoms with E-state index >= 15 is 0 Å². The number of aryl methyl sites for hydroxylation is 1. The molecule has 5 N–H and O–H groups in total. The summed E-state index contributed by atoms with van der Waals surface area (Å²) in [6.07, 6.45) is 6.55. The van der Waals surface area contributed by atoms with Gasteiger partial charge in [0, 0.05) is 70.2 Å². The van der Waals surface area contributed by atoms with E-state index in [2.05, 4.69) is 15.1 Å². The standard InChI is InChI=1S/C39H59N5O8/c40-34-13-9-32(10-14-34)7-1-2-8-36(45)49-27-3-5-29-51-38(47)18-21-43-23-25-44(26-24-43)22-19-39(48)52-30-6-4-28-50-37(46)17-20-42-31-33-11-15-35(41)16-12-33/h9-16,42H,1-8,17-31,40-41H2. The van der Waals surface area contributed by atoms with Crippen LogP contribution in [0, 0.1) is 0 Å². The van der Waals surface area contributed by atoms with Crippen molar-refractivity contribution in [1.29, 1.82) is 0 Å². The molecule has 13 heteroatoms. The molecule has 0 aliphatic carbocycles. The number of benzene rings is 2. The smallest absolute Gasteiger partial charge is 0.307 e. The highest BCUT2D eigenvalue weighted by Gasteiger charge is 2.19. The fourth-order valence-corrected chi connectivity index (χ4v) is 5.52. The maximum atomic E-state index is 12.2. The van der Waals surface area contributed by atoms with E-state index < -0.39 is 0 Å². The first-order valence-electron chi connectivity index (χ1n) is 18.7. The van der Waals surface area contributed by atoms with Gasteiger partial charge in [-0.3, -0.25) is 19.2 Å². The van der Waals surface area contributed by atoms with Crippen LogP contribution in [0.1, 0.15) is 75.3 Å². The zero-order valence-electron chi connectivity index (χ0n) is 30.7. The highest BCUT2D eigenvalue weighted by Crippen LogP contribution is 2.11. The molecule has 288 valence electrons. The molecule has 0 atom stereocenters. The fraction of sp³-hybridized carbons (Fsp3) is 0.590. The van der Waals surface area contributed by atoms with Gasteiger partial charge in [-0.15, -0.1) is 0 Å². The Bertz CT molecular complexity index is 1220. The summed E-state index contributed by atoms with van der Waals surface area (Å²) in [5.74, 6) is -0.890. The number of carbonyl (C=O) groups excluding carboxylic acids is 4. The predicted octanol–water partition coefficient (Wildman–Crippen LogP) is 3.87. The van der Waals surface area contributed by atoms with Gasteiger partial charge in [0.1, 0.15) is 0 Å². The molecule has 0 spiro atoms. The molecule has 2 aromatic rings. The molecule has 2 aromatic carbocycles. The minimum atomic E-state index is -0.251. The van der Waals surface area contributed by atoms with Gasteiger partial charge in [0.25, 0.3) is 0 Å². The van der Waals surface area contributed by atoms with E-state index in [0.29, 0.717) is 104 Å². The van der Waals surface area contributed by atoms with Crippen LogP contribution in [0.4, 0.5) is 11.4 Å². The lowest BCUT2D eigenvalue weighted by Crippen LogP contribution is -2.47. The molecule has 3 rings (SSSR count). The second kappa shape index (κ2) is 25.7. The number of nitrogens with two attached hydrogens (primary N) is 2. The summed E-state index contributed by atoms with van der Waals surface area (Å²) < 4.78 is 21.2. The number of anilines is 2. The Hall–Kier alpha value is -4.20. The first kappa shape index (κ1) is 42.2. The number of piperazine rings is 1. The number of unbranched alkanes of at least 4 members (excludes halogenated alkanes) is 3. The molecule has 1 saturated heterocycles. The van der Waals surface area contributed by atoms with Gasteiger partial charge < -0.3 is 45.5 Å². The number of nitrogen functional groups attached to an aromatic ring is 2. The van der Waals surface area contributed by atoms with Crippen molar-refractivity contribution in [3.8, 4) is 0 Å². The van der Waals surface area contributed by atoms with Crippen molar-refractivity contribution in [2.24, 2.45) is 0 Å². The first-order chi connectivity index (χ1) is 25.3. The second-order valence-corrected chi connectivity index (χ2v) is 13.1. The maximum absolute atomic E-state index is 12.2. The highest BCUT2D eigenvalue weighted by atomic mass is 16.5. The molecule has 0 amide bonds. The zero-order valence-corrected chi connectivity index (χ0v) is 30.7. The van der Waals surface area contributed by atoms with Gasteiger partial charge in [-0.25, -0.2) is 0 Å². The topological polar surface area (TPSA) is 176 Å². The van der Waals surface area contributed by atoms with Crippen LogP contribution in [-0.2, 0) is 51.1 Å². The van der Waals surface area contributed by atoms with Gasteiger partial charge >= 0.3 is 23.9 Å². The van der Waals surface area contributed by atoms with Crippen molar-refractivity contribution in [1.82, 2.24) is 15.1 Å². The van der Waals surface area contributed by atoms with Crippen LogP contribution in [0.2, 0.25) is 0 Å². The summed E-state index contributed by atoms with van der Waals surface area (Å²) >= 11 is 0. The largest absolute Gasteiger partial charge is 0.466 e. The van der Waals surface area contributed by atoms with E-state index in [-0.39, 0.29) is 23.9 Å². The summed E-state index contributed by atoms with van der Waals surface area (Å²) in [6, 6.07) is 15.4. The molecule has 0 aromatic heterocycles. The molecule has 0 unspecified atom stereocenters. The molecule has 1 heterocycles. The average Bonchev–Trinajstić information content (AvgIpc) is 3.15. The number of nitrogens with zero attached hydrogens (tertiary/aromatic N) is 2. The SMILES string of the molecule is Nc1ccc(CCCCC(=O)OCCCCOC(=O)CCN2CCN(CCC(=O)OCCCCOC(=O)CCNCc3ccc(N)cc3)CC2)cc1. The summed E-state index contributed by atoms with van der Waals surface area (Å²) in [5.41, 5.74) is 15.2. The van der Waals surface area contributed by atoms with Crippen molar-refractivity contribution in [3.63, 3.8) is 0 Å². The van der Waals surface area contributed by atoms with Gasteiger partial charge in [-0.1, -0.05) is 24.3 Å². The van der Waals surface area contributed by atoms with Crippen LogP contribution in [0.5, 0.6) is 0 Å². The molecule has 0 bridgehead atoms. The monoisotopic (exact) mass is 725 g/mol. The molecule has 13 nitrogen and oxygen atoms in total. The number of esters is 4. The molecule has 1 aliphatic heterocycles. The van der Waals surface area contributed by atoms with E-state index in [9.17, 15) is 19.2 Å². The molecule has 52 heavy (non-hydrogen) atoms. The predicted molar refractivity (Wildman–Crippen MR) is 200 cm³/mol. The lowest BCUT2D eigenvalue weighted by atomic mass is 10.1.